The smallest absolute Gasteiger partial charge is 0.170 e. The fourth-order valence-electron chi connectivity index (χ4n) is 5.18. The van der Waals surface area contributed by atoms with Gasteiger partial charge in [-0.25, -0.2) is 12.8 Å². The van der Waals surface area contributed by atoms with Crippen molar-refractivity contribution in [3.63, 3.8) is 0 Å². The Morgan fingerprint density at radius 2 is 1.80 bits per heavy atom. The van der Waals surface area contributed by atoms with Crippen LogP contribution in [0.2, 0.25) is 0 Å². The van der Waals surface area contributed by atoms with E-state index in [9.17, 15) is 12.8 Å². The van der Waals surface area contributed by atoms with Crippen LogP contribution in [0.25, 0.3) is 11.0 Å². The normalized spacial score (nSPS) is 24.5. The van der Waals surface area contributed by atoms with Crippen LogP contribution in [0.15, 0.2) is 22.7 Å². The number of nitrogens with zero attached hydrogens (tertiary/aromatic N) is 2. The lowest BCUT2D eigenvalue weighted by atomic mass is 9.81. The molecule has 0 spiro atoms. The summed E-state index contributed by atoms with van der Waals surface area (Å²) < 4.78 is 42.4. The van der Waals surface area contributed by atoms with Gasteiger partial charge in [-0.15, -0.1) is 0 Å². The molecular formula is C23H33FN2O3S. The third-order valence-corrected chi connectivity index (χ3v) is 9.04. The summed E-state index contributed by atoms with van der Waals surface area (Å²) >= 11 is 0. The van der Waals surface area contributed by atoms with Crippen LogP contribution in [0, 0.1) is 17.7 Å². The number of likely N-dealkylation sites (tertiary alicyclic amines) is 1. The fraction of sp³-hybridized carbons (Fsp3) is 0.696. The molecular weight excluding hydrogens is 403 g/mol. The van der Waals surface area contributed by atoms with Crippen LogP contribution in [-0.4, -0.2) is 49.6 Å². The number of piperidine rings is 1. The van der Waals surface area contributed by atoms with Gasteiger partial charge >= 0.3 is 0 Å². The lowest BCUT2D eigenvalue weighted by Gasteiger charge is -2.34. The molecule has 1 saturated heterocycles. The molecule has 2 aromatic rings. The summed E-state index contributed by atoms with van der Waals surface area (Å²) in [4.78, 5) is 2.55. The first-order valence-electron chi connectivity index (χ1n) is 11.4. The highest BCUT2D eigenvalue weighted by Crippen LogP contribution is 2.34. The van der Waals surface area contributed by atoms with Crippen molar-refractivity contribution >= 4 is 20.8 Å². The molecule has 1 aromatic heterocycles. The highest BCUT2D eigenvalue weighted by molar-refractivity contribution is 7.91. The predicted octanol–water partition coefficient (Wildman–Crippen LogP) is 4.78. The molecule has 0 unspecified atom stereocenters. The number of fused-ring (bicyclic) bond motifs is 1. The molecule has 1 saturated carbocycles. The van der Waals surface area contributed by atoms with Gasteiger partial charge in [-0.2, -0.15) is 0 Å². The minimum Gasteiger partial charge on any atom is -0.356 e. The average molecular weight is 437 g/mol. The van der Waals surface area contributed by atoms with Crippen LogP contribution in [0.1, 0.15) is 63.5 Å². The van der Waals surface area contributed by atoms with Gasteiger partial charge in [0.05, 0.1) is 11.4 Å². The molecule has 2 aliphatic rings. The Morgan fingerprint density at radius 1 is 1.10 bits per heavy atom. The van der Waals surface area contributed by atoms with Gasteiger partial charge in [0.25, 0.3) is 0 Å². The molecule has 1 aliphatic carbocycles. The van der Waals surface area contributed by atoms with E-state index < -0.39 is 9.84 Å². The van der Waals surface area contributed by atoms with E-state index in [0.717, 1.165) is 62.3 Å². The second-order valence-corrected chi connectivity index (χ2v) is 11.6. The Balaban J connectivity index is 1.20. The largest absolute Gasteiger partial charge is 0.356 e. The third kappa shape index (κ3) is 5.22. The van der Waals surface area contributed by atoms with Crippen LogP contribution in [0.3, 0.4) is 0 Å². The predicted molar refractivity (Wildman–Crippen MR) is 117 cm³/mol. The number of aromatic nitrogens is 1. The Hall–Kier alpha value is -1.47. The quantitative estimate of drug-likeness (QED) is 0.625. The minimum absolute atomic E-state index is 0.268. The number of sulfone groups is 1. The van der Waals surface area contributed by atoms with Crippen LogP contribution in [-0.2, 0) is 9.84 Å². The van der Waals surface area contributed by atoms with Crippen molar-refractivity contribution in [3.05, 3.63) is 29.7 Å². The van der Waals surface area contributed by atoms with Crippen molar-refractivity contribution in [2.75, 3.05) is 31.1 Å². The maximum absolute atomic E-state index is 13.4. The van der Waals surface area contributed by atoms with E-state index in [1.54, 1.807) is 13.0 Å². The van der Waals surface area contributed by atoms with Crippen LogP contribution in [0.4, 0.5) is 4.39 Å². The van der Waals surface area contributed by atoms with Gasteiger partial charge in [0.1, 0.15) is 15.7 Å². The summed E-state index contributed by atoms with van der Waals surface area (Å²) in [6, 6.07) is 4.67. The van der Waals surface area contributed by atoms with E-state index in [0.29, 0.717) is 23.2 Å². The molecule has 0 radical (unpaired) electrons. The second kappa shape index (κ2) is 9.35. The minimum atomic E-state index is -2.84. The van der Waals surface area contributed by atoms with Gasteiger partial charge in [0.15, 0.2) is 5.58 Å². The lowest BCUT2D eigenvalue weighted by molar-refractivity contribution is 0.180. The van der Waals surface area contributed by atoms with Gasteiger partial charge in [-0.05, 0) is 75.7 Å². The highest BCUT2D eigenvalue weighted by Gasteiger charge is 2.27. The zero-order valence-electron chi connectivity index (χ0n) is 17.9. The molecule has 1 aliphatic heterocycles. The average Bonchev–Trinajstić information content (AvgIpc) is 3.16. The Bertz CT molecular complexity index is 943. The number of hydrogen-bond acceptors (Lipinski definition) is 5. The molecule has 4 rings (SSSR count). The van der Waals surface area contributed by atoms with Crippen molar-refractivity contribution < 1.29 is 17.3 Å². The first-order valence-corrected chi connectivity index (χ1v) is 13.2. The Morgan fingerprint density at radius 3 is 2.50 bits per heavy atom. The number of hydrogen-bond donors (Lipinski definition) is 0. The van der Waals surface area contributed by atoms with Crippen molar-refractivity contribution in [1.29, 1.82) is 0 Å². The Labute approximate surface area is 178 Å². The third-order valence-electron chi connectivity index (χ3n) is 7.19. The molecule has 2 fully saturated rings. The molecule has 7 heteroatoms. The number of benzene rings is 1. The van der Waals surface area contributed by atoms with E-state index >= 15 is 0 Å². The standard InChI is InChI=1S/C23H33FN2O3S/c1-2-30(27,28)16-18-5-3-17(4-6-18)9-12-26-13-10-19(11-14-26)23-21-8-7-20(24)15-22(21)29-25-23/h7-8,15,17-19H,2-6,9-14,16H2,1H3. The van der Waals surface area contributed by atoms with E-state index in [2.05, 4.69) is 10.1 Å². The van der Waals surface area contributed by atoms with E-state index in [1.807, 2.05) is 0 Å². The van der Waals surface area contributed by atoms with Crippen LogP contribution in [0.5, 0.6) is 0 Å². The van der Waals surface area contributed by atoms with Gasteiger partial charge in [-0.1, -0.05) is 24.9 Å². The van der Waals surface area contributed by atoms with Crippen molar-refractivity contribution in [2.45, 2.75) is 57.8 Å². The fourth-order valence-corrected chi connectivity index (χ4v) is 6.47. The molecule has 2 heterocycles. The summed E-state index contributed by atoms with van der Waals surface area (Å²) in [6.07, 6.45) is 7.78. The molecule has 1 aromatic carbocycles. The molecule has 0 atom stereocenters. The van der Waals surface area contributed by atoms with Crippen LogP contribution < -0.4 is 0 Å². The summed E-state index contributed by atoms with van der Waals surface area (Å²) in [6.45, 7) is 4.99. The number of halogens is 1. The molecule has 166 valence electrons. The molecule has 5 nitrogen and oxygen atoms in total. The van der Waals surface area contributed by atoms with Gasteiger partial charge in [0, 0.05) is 23.1 Å². The van der Waals surface area contributed by atoms with E-state index in [4.69, 9.17) is 4.52 Å². The Kier molecular flexibility index (Phi) is 6.78. The molecule has 30 heavy (non-hydrogen) atoms. The monoisotopic (exact) mass is 436 g/mol. The van der Waals surface area contributed by atoms with Crippen molar-refractivity contribution in [1.82, 2.24) is 10.1 Å². The van der Waals surface area contributed by atoms with Crippen molar-refractivity contribution in [3.8, 4) is 0 Å². The zero-order chi connectivity index (χ0) is 21.1. The first-order chi connectivity index (χ1) is 14.4. The summed E-state index contributed by atoms with van der Waals surface area (Å²) in [5.41, 5.74) is 1.51. The SMILES string of the molecule is CCS(=O)(=O)CC1CCC(CCN2CCC(c3noc4cc(F)ccc34)CC2)CC1. The number of rotatable bonds is 7. The molecule has 0 bridgehead atoms. The lowest BCUT2D eigenvalue weighted by Crippen LogP contribution is -2.35. The molecule has 0 N–H and O–H groups in total. The van der Waals surface area contributed by atoms with Gasteiger partial charge in [-0.3, -0.25) is 0 Å². The van der Waals surface area contributed by atoms with Crippen molar-refractivity contribution in [2.24, 2.45) is 11.8 Å². The van der Waals surface area contributed by atoms with E-state index in [1.165, 1.54) is 31.4 Å². The van der Waals surface area contributed by atoms with Gasteiger partial charge < -0.3 is 9.42 Å². The summed E-state index contributed by atoms with van der Waals surface area (Å²) in [5.74, 6) is 1.84. The topological polar surface area (TPSA) is 63.4 Å². The maximum atomic E-state index is 13.4. The van der Waals surface area contributed by atoms with Gasteiger partial charge in [0.2, 0.25) is 0 Å². The second-order valence-electron chi connectivity index (χ2n) is 9.20. The summed E-state index contributed by atoms with van der Waals surface area (Å²) in [7, 11) is -2.84. The van der Waals surface area contributed by atoms with Crippen LogP contribution >= 0.6 is 0 Å². The highest BCUT2D eigenvalue weighted by atomic mass is 32.2. The first kappa shape index (κ1) is 21.8. The van der Waals surface area contributed by atoms with E-state index in [-0.39, 0.29) is 11.6 Å². The maximum Gasteiger partial charge on any atom is 0.170 e. The molecule has 0 amide bonds. The summed E-state index contributed by atoms with van der Waals surface area (Å²) in [5, 5.41) is 5.18. The zero-order valence-corrected chi connectivity index (χ0v) is 18.7.